The van der Waals surface area contributed by atoms with E-state index in [0.717, 1.165) is 109 Å². The molecule has 0 aromatic carbocycles. The summed E-state index contributed by atoms with van der Waals surface area (Å²) < 4.78 is 17.0. The van der Waals surface area contributed by atoms with Gasteiger partial charge in [0, 0.05) is 19.3 Å². The monoisotopic (exact) mass is 1160 g/mol. The largest absolute Gasteiger partial charge is 0.462 e. The van der Waals surface area contributed by atoms with Crippen molar-refractivity contribution in [2.24, 2.45) is 0 Å². The minimum Gasteiger partial charge on any atom is -0.462 e. The van der Waals surface area contributed by atoms with E-state index in [0.29, 0.717) is 12.8 Å². The Morgan fingerprint density at radius 2 is 0.470 bits per heavy atom. The van der Waals surface area contributed by atoms with Crippen molar-refractivity contribution >= 4 is 17.9 Å². The SMILES string of the molecule is CC/C=C\C/C=C\C/C=C\C/C=C\C/C=C\CCCCCC(=O)OC(COC(=O)CCCCCCCCC/C=C\C/C=C\CCCCC)COC(=O)CCCCCCCCCCCCCCCCCCCCCCCCCCCCCCC. The molecule has 83 heavy (non-hydrogen) atoms. The van der Waals surface area contributed by atoms with Crippen LogP contribution in [0.5, 0.6) is 0 Å². The van der Waals surface area contributed by atoms with Gasteiger partial charge in [0.2, 0.25) is 0 Å². The van der Waals surface area contributed by atoms with Crippen LogP contribution in [0.15, 0.2) is 85.1 Å². The average molecular weight is 1160 g/mol. The van der Waals surface area contributed by atoms with Gasteiger partial charge >= 0.3 is 17.9 Å². The maximum Gasteiger partial charge on any atom is 0.306 e. The van der Waals surface area contributed by atoms with E-state index < -0.39 is 6.10 Å². The van der Waals surface area contributed by atoms with Gasteiger partial charge in [0.1, 0.15) is 13.2 Å². The number of hydrogen-bond acceptors (Lipinski definition) is 6. The second kappa shape index (κ2) is 71.1. The predicted molar refractivity (Wildman–Crippen MR) is 362 cm³/mol. The number of rotatable bonds is 66. The Morgan fingerprint density at radius 3 is 0.771 bits per heavy atom. The molecule has 6 heteroatoms. The van der Waals surface area contributed by atoms with Crippen LogP contribution in [0, 0.1) is 0 Å². The molecule has 0 fully saturated rings. The Balaban J connectivity index is 4.30. The molecular weight excluding hydrogens is 1020 g/mol. The summed E-state index contributed by atoms with van der Waals surface area (Å²) in [4.78, 5) is 38.5. The number of carbonyl (C=O) groups excluding carboxylic acids is 3. The molecule has 0 radical (unpaired) electrons. The molecule has 6 nitrogen and oxygen atoms in total. The maximum atomic E-state index is 12.9. The molecule has 480 valence electrons. The molecule has 0 aromatic heterocycles. The lowest BCUT2D eigenvalue weighted by Gasteiger charge is -2.18. The van der Waals surface area contributed by atoms with Crippen LogP contribution in [0.25, 0.3) is 0 Å². The van der Waals surface area contributed by atoms with Gasteiger partial charge in [-0.2, -0.15) is 0 Å². The van der Waals surface area contributed by atoms with Crippen molar-refractivity contribution in [1.29, 1.82) is 0 Å². The van der Waals surface area contributed by atoms with Gasteiger partial charge in [-0.15, -0.1) is 0 Å². The first-order chi connectivity index (χ1) is 41.0. The standard InChI is InChI=1S/C77H136O6/c1-4-7-10-13-16-19-22-25-28-31-33-34-35-36-37-38-39-40-41-42-44-46-49-52-55-58-61-64-67-70-76(79)82-73-74(72-81-75(78)69-66-63-60-57-54-51-48-45-30-27-24-21-18-15-12-9-6-3)83-77(80)71-68-65-62-59-56-53-50-47-43-32-29-26-23-20-17-14-11-8-5-2/h8,11,17-18,20-21,26-27,29-30,43,47,53,56,74H,4-7,9-10,12-16,19,22-25,28,31-42,44-46,48-52,54-55,57-73H2,1-3H3/b11-8-,20-17-,21-18-,29-26-,30-27-,47-43-,56-53-. The molecule has 0 heterocycles. The molecule has 0 saturated heterocycles. The molecule has 0 amide bonds. The molecule has 0 aromatic rings. The summed E-state index contributed by atoms with van der Waals surface area (Å²) in [7, 11) is 0. The van der Waals surface area contributed by atoms with Gasteiger partial charge in [0.15, 0.2) is 6.10 Å². The third-order valence-corrected chi connectivity index (χ3v) is 15.9. The molecular formula is C77H136O6. The second-order valence-electron chi connectivity index (χ2n) is 24.1. The number of carbonyl (C=O) groups is 3. The third kappa shape index (κ3) is 69.3. The molecule has 0 bridgehead atoms. The topological polar surface area (TPSA) is 78.9 Å². The summed E-state index contributed by atoms with van der Waals surface area (Å²) in [5, 5.41) is 0. The molecule has 0 aliphatic carbocycles. The van der Waals surface area contributed by atoms with E-state index in [2.05, 4.69) is 106 Å². The fourth-order valence-electron chi connectivity index (χ4n) is 10.5. The zero-order valence-electron chi connectivity index (χ0n) is 55.2. The van der Waals surface area contributed by atoms with E-state index >= 15 is 0 Å². The highest BCUT2D eigenvalue weighted by Crippen LogP contribution is 2.18. The maximum absolute atomic E-state index is 12.9. The van der Waals surface area contributed by atoms with Gasteiger partial charge < -0.3 is 14.2 Å². The van der Waals surface area contributed by atoms with Crippen molar-refractivity contribution in [1.82, 2.24) is 0 Å². The minimum atomic E-state index is -0.799. The quantitative estimate of drug-likeness (QED) is 0.0261. The van der Waals surface area contributed by atoms with Gasteiger partial charge in [0.05, 0.1) is 0 Å². The summed E-state index contributed by atoms with van der Waals surface area (Å²) in [5.74, 6) is -0.912. The van der Waals surface area contributed by atoms with E-state index in [1.807, 2.05) is 0 Å². The highest BCUT2D eigenvalue weighted by atomic mass is 16.6. The van der Waals surface area contributed by atoms with Crippen molar-refractivity contribution in [3.8, 4) is 0 Å². The third-order valence-electron chi connectivity index (χ3n) is 15.9. The molecule has 0 saturated carbocycles. The number of allylic oxidation sites excluding steroid dienone is 14. The molecule has 0 spiro atoms. The van der Waals surface area contributed by atoms with Gasteiger partial charge in [-0.05, 0) is 96.3 Å². The molecule has 0 aliphatic heterocycles. The first kappa shape index (κ1) is 79.6. The Hall–Kier alpha value is -3.41. The number of hydrogen-bond donors (Lipinski definition) is 0. The Labute approximate surface area is 515 Å². The minimum absolute atomic E-state index is 0.0898. The fourth-order valence-corrected chi connectivity index (χ4v) is 10.5. The smallest absolute Gasteiger partial charge is 0.306 e. The molecule has 1 atom stereocenters. The summed E-state index contributed by atoms with van der Waals surface area (Å²) in [5.41, 5.74) is 0. The molecule has 0 N–H and O–H groups in total. The van der Waals surface area contributed by atoms with Gasteiger partial charge in [-0.1, -0.05) is 337 Å². The first-order valence-corrected chi connectivity index (χ1v) is 36.1. The van der Waals surface area contributed by atoms with Crippen LogP contribution in [-0.2, 0) is 28.6 Å². The van der Waals surface area contributed by atoms with Gasteiger partial charge in [-0.25, -0.2) is 0 Å². The molecule has 1 unspecified atom stereocenters. The summed E-state index contributed by atoms with van der Waals surface area (Å²) in [6.45, 7) is 6.52. The number of esters is 3. The number of ether oxygens (including phenoxy) is 3. The van der Waals surface area contributed by atoms with Crippen LogP contribution in [0.4, 0.5) is 0 Å². The van der Waals surface area contributed by atoms with E-state index in [9.17, 15) is 14.4 Å². The van der Waals surface area contributed by atoms with Crippen molar-refractivity contribution in [2.75, 3.05) is 13.2 Å². The Bertz CT molecular complexity index is 1570. The van der Waals surface area contributed by atoms with E-state index in [4.69, 9.17) is 14.2 Å². The highest BCUT2D eigenvalue weighted by Gasteiger charge is 2.19. The van der Waals surface area contributed by atoms with Crippen LogP contribution in [0.2, 0.25) is 0 Å². The Morgan fingerprint density at radius 1 is 0.253 bits per heavy atom. The van der Waals surface area contributed by atoms with E-state index in [-0.39, 0.29) is 37.5 Å². The van der Waals surface area contributed by atoms with Crippen LogP contribution in [0.1, 0.15) is 367 Å². The summed E-state index contributed by atoms with van der Waals surface area (Å²) in [6.07, 6.45) is 94.8. The lowest BCUT2D eigenvalue weighted by Crippen LogP contribution is -2.30. The van der Waals surface area contributed by atoms with Crippen LogP contribution in [0.3, 0.4) is 0 Å². The lowest BCUT2D eigenvalue weighted by molar-refractivity contribution is -0.167. The Kier molecular flexibility index (Phi) is 68.2. The zero-order chi connectivity index (χ0) is 59.9. The highest BCUT2D eigenvalue weighted by molar-refractivity contribution is 5.71. The normalized spacial score (nSPS) is 12.6. The van der Waals surface area contributed by atoms with Gasteiger partial charge in [0.25, 0.3) is 0 Å². The van der Waals surface area contributed by atoms with E-state index in [1.54, 1.807) is 0 Å². The fraction of sp³-hybridized carbons (Fsp3) is 0.779. The second-order valence-corrected chi connectivity index (χ2v) is 24.1. The van der Waals surface area contributed by atoms with Crippen molar-refractivity contribution in [3.63, 3.8) is 0 Å². The van der Waals surface area contributed by atoms with Crippen LogP contribution in [-0.4, -0.2) is 37.2 Å². The van der Waals surface area contributed by atoms with Crippen molar-refractivity contribution in [3.05, 3.63) is 85.1 Å². The molecule has 0 rings (SSSR count). The van der Waals surface area contributed by atoms with Crippen molar-refractivity contribution in [2.45, 2.75) is 374 Å². The van der Waals surface area contributed by atoms with Crippen molar-refractivity contribution < 1.29 is 28.6 Å². The lowest BCUT2D eigenvalue weighted by atomic mass is 10.0. The average Bonchev–Trinajstić information content (AvgIpc) is 3.49. The van der Waals surface area contributed by atoms with Crippen LogP contribution < -0.4 is 0 Å². The molecule has 0 aliphatic rings. The van der Waals surface area contributed by atoms with E-state index in [1.165, 1.54) is 218 Å². The predicted octanol–water partition coefficient (Wildman–Crippen LogP) is 25.0. The number of unbranched alkanes of at least 4 members (excludes halogenated alkanes) is 41. The van der Waals surface area contributed by atoms with Gasteiger partial charge in [-0.3, -0.25) is 14.4 Å². The summed E-state index contributed by atoms with van der Waals surface area (Å²) in [6, 6.07) is 0. The summed E-state index contributed by atoms with van der Waals surface area (Å²) >= 11 is 0. The first-order valence-electron chi connectivity index (χ1n) is 36.1. The van der Waals surface area contributed by atoms with Crippen LogP contribution >= 0.6 is 0 Å². The zero-order valence-corrected chi connectivity index (χ0v) is 55.2.